The number of hydrogen-bond acceptors (Lipinski definition) is 3. The molecule has 1 saturated carbocycles. The van der Waals surface area contributed by atoms with Gasteiger partial charge in [-0.2, -0.15) is 0 Å². The van der Waals surface area contributed by atoms with Gasteiger partial charge in [0.15, 0.2) is 5.78 Å². The molecule has 1 aromatic rings. The third-order valence-electron chi connectivity index (χ3n) is 3.92. The number of benzene rings is 1. The van der Waals surface area contributed by atoms with Crippen LogP contribution in [-0.4, -0.2) is 25.1 Å². The number of halogens is 1. The number of methoxy groups -OCH3 is 1. The molecule has 0 N–H and O–H groups in total. The molecule has 2 rings (SSSR count). The van der Waals surface area contributed by atoms with Gasteiger partial charge in [0.1, 0.15) is 17.2 Å². The third kappa shape index (κ3) is 2.85. The fourth-order valence-corrected chi connectivity index (χ4v) is 2.89. The van der Waals surface area contributed by atoms with Crippen LogP contribution in [0.1, 0.15) is 49.4 Å². The van der Waals surface area contributed by atoms with Crippen LogP contribution in [0.3, 0.4) is 0 Å². The van der Waals surface area contributed by atoms with E-state index in [1.54, 1.807) is 6.07 Å². The molecule has 0 amide bonds. The zero-order valence-electron chi connectivity index (χ0n) is 12.1. The minimum Gasteiger partial charge on any atom is -0.497 e. The largest absolute Gasteiger partial charge is 0.497 e. The van der Waals surface area contributed by atoms with Crippen molar-refractivity contribution < 1.29 is 18.7 Å². The van der Waals surface area contributed by atoms with Crippen LogP contribution in [0.15, 0.2) is 18.2 Å². The van der Waals surface area contributed by atoms with Gasteiger partial charge in [0.2, 0.25) is 0 Å². The molecule has 1 aliphatic carbocycles. The molecule has 0 spiro atoms. The molecule has 110 valence electrons. The number of carbonyl (C=O) groups is 1. The molecule has 0 aromatic heterocycles. The lowest BCUT2D eigenvalue weighted by Crippen LogP contribution is -2.43. The van der Waals surface area contributed by atoms with Gasteiger partial charge in [-0.25, -0.2) is 4.39 Å². The van der Waals surface area contributed by atoms with Gasteiger partial charge in [-0.05, 0) is 31.9 Å². The Hall–Kier alpha value is -1.42. The van der Waals surface area contributed by atoms with Gasteiger partial charge in [-0.1, -0.05) is 19.3 Å². The average Bonchev–Trinajstić information content (AvgIpc) is 2.47. The molecule has 0 heterocycles. The molecule has 1 fully saturated rings. The molecular weight excluding hydrogens is 259 g/mol. The highest BCUT2D eigenvalue weighted by atomic mass is 19.1. The Labute approximate surface area is 119 Å². The summed E-state index contributed by atoms with van der Waals surface area (Å²) in [6, 6.07) is 4.35. The molecule has 1 aliphatic rings. The summed E-state index contributed by atoms with van der Waals surface area (Å²) in [6.45, 7) is 2.33. The Morgan fingerprint density at radius 3 is 2.55 bits per heavy atom. The molecule has 0 atom stereocenters. The smallest absolute Gasteiger partial charge is 0.197 e. The maximum Gasteiger partial charge on any atom is 0.197 e. The van der Waals surface area contributed by atoms with Crippen molar-refractivity contribution in [1.29, 1.82) is 0 Å². The molecule has 0 radical (unpaired) electrons. The monoisotopic (exact) mass is 280 g/mol. The SMILES string of the molecule is CCOC1(C(=O)c2ccc(OC)cc2F)CCCCC1. The maximum atomic E-state index is 14.1. The van der Waals surface area contributed by atoms with Crippen LogP contribution in [0.2, 0.25) is 0 Å². The van der Waals surface area contributed by atoms with Crippen LogP contribution in [0.25, 0.3) is 0 Å². The normalized spacial score (nSPS) is 17.8. The predicted octanol–water partition coefficient (Wildman–Crippen LogP) is 3.76. The summed E-state index contributed by atoms with van der Waals surface area (Å²) in [7, 11) is 1.47. The van der Waals surface area contributed by atoms with E-state index in [0.717, 1.165) is 19.3 Å². The number of ether oxygens (including phenoxy) is 2. The summed E-state index contributed by atoms with van der Waals surface area (Å²) < 4.78 is 24.8. The first kappa shape index (κ1) is 15.0. The zero-order chi connectivity index (χ0) is 14.6. The van der Waals surface area contributed by atoms with E-state index in [1.807, 2.05) is 6.92 Å². The summed E-state index contributed by atoms with van der Waals surface area (Å²) in [6.07, 6.45) is 4.34. The van der Waals surface area contributed by atoms with Crippen molar-refractivity contribution in [3.8, 4) is 5.75 Å². The van der Waals surface area contributed by atoms with Gasteiger partial charge in [0.05, 0.1) is 12.7 Å². The van der Waals surface area contributed by atoms with Crippen molar-refractivity contribution in [2.24, 2.45) is 0 Å². The molecule has 0 saturated heterocycles. The van der Waals surface area contributed by atoms with Gasteiger partial charge in [-0.15, -0.1) is 0 Å². The van der Waals surface area contributed by atoms with E-state index in [0.29, 0.717) is 25.2 Å². The molecule has 4 heteroatoms. The standard InChI is InChI=1S/C16H21FO3/c1-3-20-16(9-5-4-6-10-16)15(18)13-8-7-12(19-2)11-14(13)17/h7-8,11H,3-6,9-10H2,1-2H3. The van der Waals surface area contributed by atoms with Crippen LogP contribution in [0, 0.1) is 5.82 Å². The van der Waals surface area contributed by atoms with E-state index < -0.39 is 11.4 Å². The molecule has 20 heavy (non-hydrogen) atoms. The van der Waals surface area contributed by atoms with E-state index in [9.17, 15) is 9.18 Å². The molecular formula is C16H21FO3. The highest BCUT2D eigenvalue weighted by Crippen LogP contribution is 2.35. The first-order chi connectivity index (χ1) is 9.63. The topological polar surface area (TPSA) is 35.5 Å². The summed E-state index contributed by atoms with van der Waals surface area (Å²) in [5, 5.41) is 0. The van der Waals surface area contributed by atoms with E-state index in [-0.39, 0.29) is 11.3 Å². The van der Waals surface area contributed by atoms with Gasteiger partial charge in [0, 0.05) is 12.7 Å². The fraction of sp³-hybridized carbons (Fsp3) is 0.562. The number of hydrogen-bond donors (Lipinski definition) is 0. The summed E-state index contributed by atoms with van der Waals surface area (Å²) in [5.74, 6) is -0.369. The van der Waals surface area contributed by atoms with E-state index in [2.05, 4.69) is 0 Å². The Kier molecular flexibility index (Phi) is 4.76. The number of ketones is 1. The maximum absolute atomic E-state index is 14.1. The second kappa shape index (κ2) is 6.35. The molecule has 0 aliphatic heterocycles. The van der Waals surface area contributed by atoms with Crippen LogP contribution < -0.4 is 4.74 Å². The molecule has 0 bridgehead atoms. The highest BCUT2D eigenvalue weighted by molar-refractivity contribution is 6.02. The van der Waals surface area contributed by atoms with Gasteiger partial charge in [-0.3, -0.25) is 4.79 Å². The molecule has 3 nitrogen and oxygen atoms in total. The second-order valence-electron chi connectivity index (χ2n) is 5.16. The van der Waals surface area contributed by atoms with E-state index >= 15 is 0 Å². The van der Waals surface area contributed by atoms with Crippen molar-refractivity contribution >= 4 is 5.78 Å². The quantitative estimate of drug-likeness (QED) is 0.770. The summed E-state index contributed by atoms with van der Waals surface area (Å²) >= 11 is 0. The third-order valence-corrected chi connectivity index (χ3v) is 3.92. The van der Waals surface area contributed by atoms with Crippen molar-refractivity contribution in [3.63, 3.8) is 0 Å². The van der Waals surface area contributed by atoms with Gasteiger partial charge >= 0.3 is 0 Å². The second-order valence-corrected chi connectivity index (χ2v) is 5.16. The Balaban J connectivity index is 2.32. The number of rotatable bonds is 5. The summed E-state index contributed by atoms with van der Waals surface area (Å²) in [5.41, 5.74) is -0.747. The van der Waals surface area contributed by atoms with Crippen LogP contribution >= 0.6 is 0 Å². The highest BCUT2D eigenvalue weighted by Gasteiger charge is 2.41. The van der Waals surface area contributed by atoms with Gasteiger partial charge < -0.3 is 9.47 Å². The van der Waals surface area contributed by atoms with Crippen molar-refractivity contribution in [2.45, 2.75) is 44.6 Å². The zero-order valence-corrected chi connectivity index (χ0v) is 12.1. The average molecular weight is 280 g/mol. The Bertz CT molecular complexity index is 473. The van der Waals surface area contributed by atoms with E-state index in [1.165, 1.54) is 19.2 Å². The van der Waals surface area contributed by atoms with Crippen LogP contribution in [0.5, 0.6) is 5.75 Å². The number of carbonyl (C=O) groups excluding carboxylic acids is 1. The molecule has 1 aromatic carbocycles. The number of Topliss-reactive ketones (excluding diaryl/α,β-unsaturated/α-hetero) is 1. The lowest BCUT2D eigenvalue weighted by molar-refractivity contribution is -0.0413. The van der Waals surface area contributed by atoms with E-state index in [4.69, 9.17) is 9.47 Å². The lowest BCUT2D eigenvalue weighted by Gasteiger charge is -2.35. The first-order valence-electron chi connectivity index (χ1n) is 7.15. The lowest BCUT2D eigenvalue weighted by atomic mass is 9.79. The Morgan fingerprint density at radius 2 is 2.00 bits per heavy atom. The predicted molar refractivity (Wildman–Crippen MR) is 74.7 cm³/mol. The van der Waals surface area contributed by atoms with Crippen molar-refractivity contribution in [1.82, 2.24) is 0 Å². The van der Waals surface area contributed by atoms with Crippen LogP contribution in [-0.2, 0) is 4.74 Å². The molecule has 0 unspecified atom stereocenters. The van der Waals surface area contributed by atoms with Gasteiger partial charge in [0.25, 0.3) is 0 Å². The van der Waals surface area contributed by atoms with Crippen molar-refractivity contribution in [3.05, 3.63) is 29.6 Å². The first-order valence-corrected chi connectivity index (χ1v) is 7.15. The summed E-state index contributed by atoms with van der Waals surface area (Å²) in [4.78, 5) is 12.7. The van der Waals surface area contributed by atoms with Crippen molar-refractivity contribution in [2.75, 3.05) is 13.7 Å². The minimum atomic E-state index is -0.845. The van der Waals surface area contributed by atoms with Crippen LogP contribution in [0.4, 0.5) is 4.39 Å². The Morgan fingerprint density at radius 1 is 1.30 bits per heavy atom. The minimum absolute atomic E-state index is 0.0983. The fourth-order valence-electron chi connectivity index (χ4n) is 2.89.